The maximum Gasteiger partial charge on any atom is 0.251 e. The van der Waals surface area contributed by atoms with E-state index in [0.717, 1.165) is 32.2 Å². The summed E-state index contributed by atoms with van der Waals surface area (Å²) in [6.07, 6.45) is 6.61. The normalized spacial score (nSPS) is 35.3. The van der Waals surface area contributed by atoms with Crippen LogP contribution in [-0.2, 0) is 9.53 Å². The fraction of sp³-hybridized carbons (Fsp3) is 0.933. The highest BCUT2D eigenvalue weighted by atomic mass is 16.5. The van der Waals surface area contributed by atoms with Crippen molar-refractivity contribution in [3.05, 3.63) is 0 Å². The molecule has 1 heterocycles. The second kappa shape index (κ2) is 6.71. The van der Waals surface area contributed by atoms with Gasteiger partial charge in [-0.05, 0) is 52.0 Å². The van der Waals surface area contributed by atoms with Crippen molar-refractivity contribution in [1.29, 1.82) is 0 Å². The third-order valence-electron chi connectivity index (χ3n) is 4.70. The topological polar surface area (TPSA) is 55.6 Å². The summed E-state index contributed by atoms with van der Waals surface area (Å²) in [7, 11) is 0. The largest absolute Gasteiger partial charge is 0.365 e. The molecule has 4 atom stereocenters. The van der Waals surface area contributed by atoms with Gasteiger partial charge in [-0.25, -0.2) is 0 Å². The molecule has 2 fully saturated rings. The number of likely N-dealkylation sites (N-methyl/N-ethyl adjacent to an activating group) is 1. The summed E-state index contributed by atoms with van der Waals surface area (Å²) in [5, 5.41) is 0. The van der Waals surface area contributed by atoms with E-state index in [1.807, 2.05) is 11.8 Å². The number of hydrogen-bond acceptors (Lipinski definition) is 3. The van der Waals surface area contributed by atoms with E-state index >= 15 is 0 Å². The molecular formula is C15H28N2O2. The minimum Gasteiger partial charge on any atom is -0.365 e. The lowest BCUT2D eigenvalue weighted by Gasteiger charge is -2.40. The van der Waals surface area contributed by atoms with Crippen LogP contribution in [0.1, 0.15) is 52.4 Å². The number of carbonyl (C=O) groups excluding carboxylic acids is 1. The van der Waals surface area contributed by atoms with Crippen molar-refractivity contribution in [2.75, 3.05) is 13.1 Å². The molecule has 4 nitrogen and oxygen atoms in total. The minimum atomic E-state index is -0.213. The summed E-state index contributed by atoms with van der Waals surface area (Å²) >= 11 is 0. The van der Waals surface area contributed by atoms with Crippen LogP contribution >= 0.6 is 0 Å². The molecule has 4 heteroatoms. The van der Waals surface area contributed by atoms with Crippen LogP contribution in [0.2, 0.25) is 0 Å². The highest BCUT2D eigenvalue weighted by molar-refractivity contribution is 5.81. The predicted octanol–water partition coefficient (Wildman–Crippen LogP) is 1.92. The van der Waals surface area contributed by atoms with Gasteiger partial charge in [-0.1, -0.05) is 12.8 Å². The van der Waals surface area contributed by atoms with E-state index in [2.05, 4.69) is 6.92 Å². The van der Waals surface area contributed by atoms with Crippen molar-refractivity contribution < 1.29 is 9.53 Å². The first kappa shape index (κ1) is 14.8. The maximum absolute atomic E-state index is 12.6. The quantitative estimate of drug-likeness (QED) is 0.847. The van der Waals surface area contributed by atoms with Crippen LogP contribution in [0.5, 0.6) is 0 Å². The zero-order valence-electron chi connectivity index (χ0n) is 12.3. The fourth-order valence-corrected chi connectivity index (χ4v) is 3.60. The Kier molecular flexibility index (Phi) is 5.22. The second-order valence-corrected chi connectivity index (χ2v) is 5.98. The molecule has 2 rings (SSSR count). The molecule has 1 amide bonds. The standard InChI is InChI=1S/C15H28N2O2/c1-3-17(13-7-5-4-6-12(13)10-16)15(18)14-9-8-11(2)19-14/h11-14H,3-10,16H2,1-2H3. The van der Waals surface area contributed by atoms with Gasteiger partial charge >= 0.3 is 0 Å². The van der Waals surface area contributed by atoms with Gasteiger partial charge < -0.3 is 15.4 Å². The van der Waals surface area contributed by atoms with Crippen LogP contribution in [-0.4, -0.2) is 42.1 Å². The molecule has 0 aromatic rings. The van der Waals surface area contributed by atoms with Crippen LogP contribution in [0.25, 0.3) is 0 Å². The minimum absolute atomic E-state index is 0.192. The van der Waals surface area contributed by atoms with E-state index < -0.39 is 0 Å². The van der Waals surface area contributed by atoms with Crippen molar-refractivity contribution in [2.24, 2.45) is 11.7 Å². The molecule has 2 aliphatic rings. The summed E-state index contributed by atoms with van der Waals surface area (Å²) in [6, 6.07) is 0.329. The molecule has 1 aliphatic heterocycles. The number of rotatable bonds is 4. The molecule has 0 radical (unpaired) electrons. The molecular weight excluding hydrogens is 240 g/mol. The number of nitrogens with zero attached hydrogens (tertiary/aromatic N) is 1. The summed E-state index contributed by atoms with van der Waals surface area (Å²) < 4.78 is 5.74. The number of nitrogens with two attached hydrogens (primary N) is 1. The molecule has 2 N–H and O–H groups in total. The smallest absolute Gasteiger partial charge is 0.251 e. The first-order valence-corrected chi connectivity index (χ1v) is 7.83. The zero-order valence-corrected chi connectivity index (χ0v) is 12.3. The van der Waals surface area contributed by atoms with E-state index in [4.69, 9.17) is 10.5 Å². The fourth-order valence-electron chi connectivity index (χ4n) is 3.60. The van der Waals surface area contributed by atoms with Crippen LogP contribution in [0.15, 0.2) is 0 Å². The maximum atomic E-state index is 12.6. The molecule has 0 aromatic heterocycles. The Bertz CT molecular complexity index is 309. The van der Waals surface area contributed by atoms with E-state index in [1.165, 1.54) is 12.8 Å². The molecule has 110 valence electrons. The number of carbonyl (C=O) groups is 1. The first-order chi connectivity index (χ1) is 9.17. The van der Waals surface area contributed by atoms with Crippen molar-refractivity contribution in [3.63, 3.8) is 0 Å². The SMILES string of the molecule is CCN(C(=O)C1CCC(C)O1)C1CCCCC1CN. The number of hydrogen-bond donors (Lipinski definition) is 1. The molecule has 0 spiro atoms. The van der Waals surface area contributed by atoms with E-state index in [0.29, 0.717) is 18.5 Å². The Morgan fingerprint density at radius 1 is 1.26 bits per heavy atom. The van der Waals surface area contributed by atoms with Gasteiger partial charge in [0.05, 0.1) is 6.10 Å². The second-order valence-electron chi connectivity index (χ2n) is 5.98. The summed E-state index contributed by atoms with van der Waals surface area (Å²) in [5.41, 5.74) is 5.89. The zero-order chi connectivity index (χ0) is 13.8. The van der Waals surface area contributed by atoms with Gasteiger partial charge in [0.2, 0.25) is 0 Å². The lowest BCUT2D eigenvalue weighted by molar-refractivity contribution is -0.146. The average Bonchev–Trinajstić information content (AvgIpc) is 2.86. The van der Waals surface area contributed by atoms with Gasteiger partial charge in [-0.3, -0.25) is 4.79 Å². The van der Waals surface area contributed by atoms with Gasteiger partial charge in [0.25, 0.3) is 5.91 Å². The molecule has 1 saturated carbocycles. The third-order valence-corrected chi connectivity index (χ3v) is 4.70. The summed E-state index contributed by atoms with van der Waals surface area (Å²) in [5.74, 6) is 0.661. The van der Waals surface area contributed by atoms with E-state index in [-0.39, 0.29) is 18.1 Å². The average molecular weight is 268 g/mol. The Morgan fingerprint density at radius 2 is 2.00 bits per heavy atom. The molecule has 0 bridgehead atoms. The number of amides is 1. The molecule has 4 unspecified atom stereocenters. The van der Waals surface area contributed by atoms with Crippen LogP contribution in [0.4, 0.5) is 0 Å². The molecule has 1 aliphatic carbocycles. The van der Waals surface area contributed by atoms with Crippen molar-refractivity contribution in [1.82, 2.24) is 4.90 Å². The summed E-state index contributed by atoms with van der Waals surface area (Å²) in [4.78, 5) is 14.7. The molecule has 19 heavy (non-hydrogen) atoms. The van der Waals surface area contributed by atoms with E-state index in [1.54, 1.807) is 0 Å². The van der Waals surface area contributed by atoms with Gasteiger partial charge in [-0.2, -0.15) is 0 Å². The van der Waals surface area contributed by atoms with E-state index in [9.17, 15) is 4.79 Å². The van der Waals surface area contributed by atoms with Gasteiger partial charge in [0.1, 0.15) is 6.10 Å². The lowest BCUT2D eigenvalue weighted by atomic mass is 9.83. The number of ether oxygens (including phenoxy) is 1. The molecule has 1 saturated heterocycles. The Labute approximate surface area is 116 Å². The highest BCUT2D eigenvalue weighted by Crippen LogP contribution is 2.30. The Balaban J connectivity index is 2.03. The highest BCUT2D eigenvalue weighted by Gasteiger charge is 2.37. The van der Waals surface area contributed by atoms with Gasteiger partial charge in [0.15, 0.2) is 0 Å². The molecule has 0 aromatic carbocycles. The van der Waals surface area contributed by atoms with Crippen molar-refractivity contribution >= 4 is 5.91 Å². The summed E-state index contributed by atoms with van der Waals surface area (Å²) in [6.45, 7) is 5.58. The van der Waals surface area contributed by atoms with Crippen molar-refractivity contribution in [2.45, 2.75) is 70.6 Å². The third kappa shape index (κ3) is 3.29. The van der Waals surface area contributed by atoms with Crippen molar-refractivity contribution in [3.8, 4) is 0 Å². The van der Waals surface area contributed by atoms with Crippen LogP contribution in [0.3, 0.4) is 0 Å². The predicted molar refractivity (Wildman–Crippen MR) is 75.8 cm³/mol. The Morgan fingerprint density at radius 3 is 2.58 bits per heavy atom. The lowest BCUT2D eigenvalue weighted by Crippen LogP contribution is -2.51. The van der Waals surface area contributed by atoms with Gasteiger partial charge in [-0.15, -0.1) is 0 Å². The van der Waals surface area contributed by atoms with Crippen LogP contribution < -0.4 is 5.73 Å². The van der Waals surface area contributed by atoms with Crippen LogP contribution in [0, 0.1) is 5.92 Å². The first-order valence-electron chi connectivity index (χ1n) is 7.83. The monoisotopic (exact) mass is 268 g/mol. The Hall–Kier alpha value is -0.610. The van der Waals surface area contributed by atoms with Gasteiger partial charge in [0, 0.05) is 12.6 Å².